The third kappa shape index (κ3) is 5.26. The first-order valence-electron chi connectivity index (χ1n) is 12.1. The van der Waals surface area contributed by atoms with Crippen LogP contribution in [0.5, 0.6) is 0 Å². The largest absolute Gasteiger partial charge is 0.331 e. The van der Waals surface area contributed by atoms with Gasteiger partial charge in [-0.15, -0.1) is 0 Å². The molecule has 0 spiro atoms. The van der Waals surface area contributed by atoms with Crippen molar-refractivity contribution in [2.45, 2.75) is 46.7 Å². The molecule has 2 aromatic heterocycles. The Kier molecular flexibility index (Phi) is 7.44. The first kappa shape index (κ1) is 26.1. The summed E-state index contributed by atoms with van der Waals surface area (Å²) in [7, 11) is 1.70. The van der Waals surface area contributed by atoms with Gasteiger partial charge in [0.2, 0.25) is 11.8 Å². The number of amides is 2. The van der Waals surface area contributed by atoms with Crippen LogP contribution in [-0.2, 0) is 29.7 Å². The van der Waals surface area contributed by atoms with E-state index >= 15 is 0 Å². The number of thiazole rings is 1. The number of anilines is 2. The number of nitrogens with one attached hydrogen (secondary N) is 2. The lowest BCUT2D eigenvalue weighted by Crippen LogP contribution is -2.39. The normalized spacial score (nSPS) is 12.1. The zero-order valence-electron chi connectivity index (χ0n) is 21.2. The molecule has 2 amide bonds. The van der Waals surface area contributed by atoms with Crippen molar-refractivity contribution in [3.05, 3.63) is 66.9 Å². The molecule has 4 rings (SSSR count). The Morgan fingerprint density at radius 3 is 2.03 bits per heavy atom. The molecule has 0 aliphatic rings. The second-order valence-corrected chi connectivity index (χ2v) is 10.0. The number of aryl methyl sites for hydroxylation is 2. The highest BCUT2D eigenvalue weighted by atomic mass is 32.1. The van der Waals surface area contributed by atoms with Gasteiger partial charge in [0, 0.05) is 44.4 Å². The minimum Gasteiger partial charge on any atom is -0.326 e. The Hall–Kier alpha value is -3.99. The van der Waals surface area contributed by atoms with E-state index in [-0.39, 0.29) is 47.7 Å². The van der Waals surface area contributed by atoms with Gasteiger partial charge in [-0.1, -0.05) is 18.3 Å². The highest BCUT2D eigenvalue weighted by Crippen LogP contribution is 2.22. The van der Waals surface area contributed by atoms with Crippen molar-refractivity contribution in [2.24, 2.45) is 13.0 Å². The van der Waals surface area contributed by atoms with Gasteiger partial charge in [0.15, 0.2) is 0 Å². The number of hydrogen-bond donors (Lipinski definition) is 2. The summed E-state index contributed by atoms with van der Waals surface area (Å²) in [6, 6.07) is 10.2. The van der Waals surface area contributed by atoms with Crippen LogP contribution in [0.25, 0.3) is 21.1 Å². The first-order chi connectivity index (χ1) is 17.6. The summed E-state index contributed by atoms with van der Waals surface area (Å²) in [6.45, 7) is 6.05. The highest BCUT2D eigenvalue weighted by Gasteiger charge is 2.16. The van der Waals surface area contributed by atoms with Gasteiger partial charge >= 0.3 is 10.6 Å². The van der Waals surface area contributed by atoms with Crippen LogP contribution in [0.1, 0.15) is 33.6 Å². The number of rotatable bonds is 8. The van der Waals surface area contributed by atoms with Crippen molar-refractivity contribution in [3.8, 4) is 0 Å². The smallest absolute Gasteiger partial charge is 0.326 e. The topological polar surface area (TPSA) is 124 Å². The Bertz CT molecular complexity index is 1690. The monoisotopic (exact) mass is 523 g/mol. The molecule has 4 aromatic rings. The number of hydrogen-bond acceptors (Lipinski definition) is 6. The molecule has 37 heavy (non-hydrogen) atoms. The van der Waals surface area contributed by atoms with E-state index in [2.05, 4.69) is 10.6 Å². The van der Waals surface area contributed by atoms with Gasteiger partial charge in [-0.2, -0.15) is 0 Å². The van der Waals surface area contributed by atoms with Gasteiger partial charge in [-0.3, -0.25) is 28.3 Å². The number of carbonyl (C=O) groups excluding carboxylic acids is 2. The van der Waals surface area contributed by atoms with E-state index in [4.69, 9.17) is 0 Å². The molecule has 194 valence electrons. The summed E-state index contributed by atoms with van der Waals surface area (Å²) < 4.78 is 5.05. The standard InChI is InChI=1S/C26H29N5O5S/c1-5-30-19-9-7-16(13-18(19)24(34)31(6-2)25(30)35)27-22(32)11-15(3)12-23(33)28-17-8-10-20-21(14-17)37-26(36)29(20)4/h7-10,13-15H,5-6,11-12H2,1-4H3,(H,27,32)(H,28,33). The van der Waals surface area contributed by atoms with E-state index in [1.165, 1.54) is 9.13 Å². The molecule has 0 radical (unpaired) electrons. The van der Waals surface area contributed by atoms with Crippen LogP contribution < -0.4 is 26.8 Å². The van der Waals surface area contributed by atoms with Crippen molar-refractivity contribution >= 4 is 55.6 Å². The predicted octanol–water partition coefficient (Wildman–Crippen LogP) is 3.11. The van der Waals surface area contributed by atoms with Crippen molar-refractivity contribution in [3.63, 3.8) is 0 Å². The molecule has 10 nitrogen and oxygen atoms in total. The van der Waals surface area contributed by atoms with Gasteiger partial charge in [0.1, 0.15) is 0 Å². The van der Waals surface area contributed by atoms with Gasteiger partial charge in [-0.05, 0) is 56.2 Å². The molecular formula is C26H29N5O5S. The Morgan fingerprint density at radius 2 is 1.43 bits per heavy atom. The summed E-state index contributed by atoms with van der Waals surface area (Å²) in [5.41, 5.74) is 1.62. The second-order valence-electron chi connectivity index (χ2n) is 9.03. The molecule has 11 heteroatoms. The fraction of sp³-hybridized carbons (Fsp3) is 0.346. The third-order valence-corrected chi connectivity index (χ3v) is 7.28. The van der Waals surface area contributed by atoms with Crippen molar-refractivity contribution < 1.29 is 9.59 Å². The van der Waals surface area contributed by atoms with Crippen LogP contribution >= 0.6 is 11.3 Å². The maximum Gasteiger partial charge on any atom is 0.331 e. The van der Waals surface area contributed by atoms with E-state index in [0.29, 0.717) is 28.8 Å². The SMILES string of the molecule is CCn1c(=O)c2cc(NC(=O)CC(C)CC(=O)Nc3ccc4c(c3)sc(=O)n4C)ccc2n(CC)c1=O. The van der Waals surface area contributed by atoms with E-state index in [9.17, 15) is 24.0 Å². The number of nitrogens with zero attached hydrogens (tertiary/aromatic N) is 3. The van der Waals surface area contributed by atoms with Gasteiger partial charge in [0.25, 0.3) is 5.56 Å². The molecule has 2 heterocycles. The van der Waals surface area contributed by atoms with Crippen LogP contribution in [0.2, 0.25) is 0 Å². The minimum absolute atomic E-state index is 0.0692. The molecule has 0 saturated carbocycles. The lowest BCUT2D eigenvalue weighted by atomic mass is 10.0. The Morgan fingerprint density at radius 1 is 0.865 bits per heavy atom. The predicted molar refractivity (Wildman–Crippen MR) is 147 cm³/mol. The van der Waals surface area contributed by atoms with Gasteiger partial charge < -0.3 is 15.2 Å². The van der Waals surface area contributed by atoms with Crippen molar-refractivity contribution in [2.75, 3.05) is 10.6 Å². The molecule has 0 bridgehead atoms. The molecule has 0 aliphatic carbocycles. The summed E-state index contributed by atoms with van der Waals surface area (Å²) >= 11 is 1.11. The van der Waals surface area contributed by atoms with Gasteiger partial charge in [0.05, 0.1) is 21.1 Å². The van der Waals surface area contributed by atoms with E-state index in [0.717, 1.165) is 21.6 Å². The molecule has 0 fully saturated rings. The molecule has 2 aromatic carbocycles. The average Bonchev–Trinajstić information content (AvgIpc) is 3.12. The van der Waals surface area contributed by atoms with Crippen LogP contribution in [0, 0.1) is 5.92 Å². The average molecular weight is 524 g/mol. The number of aromatic nitrogens is 3. The van der Waals surface area contributed by atoms with Crippen LogP contribution in [-0.4, -0.2) is 25.5 Å². The zero-order valence-corrected chi connectivity index (χ0v) is 22.0. The van der Waals surface area contributed by atoms with E-state index < -0.39 is 5.56 Å². The van der Waals surface area contributed by atoms with Gasteiger partial charge in [-0.25, -0.2) is 4.79 Å². The lowest BCUT2D eigenvalue weighted by Gasteiger charge is -2.14. The number of fused-ring (bicyclic) bond motifs is 2. The maximum absolute atomic E-state index is 12.8. The maximum atomic E-state index is 12.8. The molecule has 0 aliphatic heterocycles. The summed E-state index contributed by atoms with van der Waals surface area (Å²) in [5.74, 6) is -0.749. The Labute approximate surface area is 216 Å². The Balaban J connectivity index is 1.40. The van der Waals surface area contributed by atoms with Crippen LogP contribution in [0.4, 0.5) is 11.4 Å². The molecular weight excluding hydrogens is 494 g/mol. The van der Waals surface area contributed by atoms with Crippen molar-refractivity contribution in [1.29, 1.82) is 0 Å². The highest BCUT2D eigenvalue weighted by molar-refractivity contribution is 7.16. The number of benzene rings is 2. The van der Waals surface area contributed by atoms with Crippen LogP contribution in [0.15, 0.2) is 50.8 Å². The quantitative estimate of drug-likeness (QED) is 0.367. The first-order valence-corrected chi connectivity index (χ1v) is 12.9. The third-order valence-electron chi connectivity index (χ3n) is 6.28. The second kappa shape index (κ2) is 10.6. The lowest BCUT2D eigenvalue weighted by molar-refractivity contribution is -0.118. The van der Waals surface area contributed by atoms with E-state index in [1.807, 2.05) is 13.8 Å². The van der Waals surface area contributed by atoms with E-state index in [1.54, 1.807) is 54.9 Å². The molecule has 1 unspecified atom stereocenters. The molecule has 0 saturated heterocycles. The van der Waals surface area contributed by atoms with Crippen LogP contribution in [0.3, 0.4) is 0 Å². The molecule has 2 N–H and O–H groups in total. The zero-order chi connectivity index (χ0) is 26.9. The fourth-order valence-corrected chi connectivity index (χ4v) is 5.35. The summed E-state index contributed by atoms with van der Waals surface area (Å²) in [4.78, 5) is 62.3. The van der Waals surface area contributed by atoms with Crippen molar-refractivity contribution in [1.82, 2.24) is 13.7 Å². The number of carbonyl (C=O) groups is 2. The fourth-order valence-electron chi connectivity index (χ4n) is 4.43. The summed E-state index contributed by atoms with van der Waals surface area (Å²) in [5, 5.41) is 5.98. The summed E-state index contributed by atoms with van der Waals surface area (Å²) in [6.07, 6.45) is 0.247. The minimum atomic E-state index is -0.394. The molecule has 1 atom stereocenters.